The Morgan fingerprint density at radius 3 is 2.68 bits per heavy atom. The van der Waals surface area contributed by atoms with Gasteiger partial charge in [0.15, 0.2) is 0 Å². The van der Waals surface area contributed by atoms with Crippen LogP contribution in [0.2, 0.25) is 0 Å². The number of nitrogens with zero attached hydrogens (tertiary/aromatic N) is 3. The van der Waals surface area contributed by atoms with Crippen LogP contribution < -0.4 is 5.73 Å². The van der Waals surface area contributed by atoms with E-state index < -0.39 is 0 Å². The van der Waals surface area contributed by atoms with Gasteiger partial charge in [0.25, 0.3) is 0 Å². The van der Waals surface area contributed by atoms with E-state index in [2.05, 4.69) is 12.0 Å². The zero-order chi connectivity index (χ0) is 14.0. The Morgan fingerprint density at radius 1 is 1.47 bits per heavy atom. The molecule has 1 amide bonds. The van der Waals surface area contributed by atoms with Gasteiger partial charge in [-0.15, -0.1) is 0 Å². The predicted octanol–water partition coefficient (Wildman–Crippen LogP) is 1.88. The van der Waals surface area contributed by atoms with Gasteiger partial charge in [-0.05, 0) is 20.3 Å². The van der Waals surface area contributed by atoms with Crippen LogP contribution in [0.25, 0.3) is 0 Å². The number of rotatable bonds is 4. The quantitative estimate of drug-likeness (QED) is 0.844. The van der Waals surface area contributed by atoms with Gasteiger partial charge < -0.3 is 15.4 Å². The Bertz CT molecular complexity index is 463. The van der Waals surface area contributed by atoms with Gasteiger partial charge >= 0.3 is 6.09 Å². The summed E-state index contributed by atoms with van der Waals surface area (Å²) >= 11 is 0. The average molecular weight is 266 g/mol. The second-order valence-corrected chi connectivity index (χ2v) is 5.06. The van der Waals surface area contributed by atoms with E-state index >= 15 is 0 Å². The summed E-state index contributed by atoms with van der Waals surface area (Å²) in [6, 6.07) is 0.217. The molecule has 1 saturated heterocycles. The van der Waals surface area contributed by atoms with Gasteiger partial charge in [-0.3, -0.25) is 4.68 Å². The third kappa shape index (κ3) is 2.67. The lowest BCUT2D eigenvalue weighted by atomic mass is 10.1. The van der Waals surface area contributed by atoms with E-state index in [0.29, 0.717) is 19.7 Å². The summed E-state index contributed by atoms with van der Waals surface area (Å²) in [6.07, 6.45) is 1.72. The first kappa shape index (κ1) is 13.7. The standard InChI is InChI=1S/C13H22N4O2/c1-4-5-6-19-13(18)16-7-11(8-16)17-10(3)12(14)9(2)15-17/h11H,4-8,14H2,1-3H3. The lowest BCUT2D eigenvalue weighted by Gasteiger charge is -2.38. The van der Waals surface area contributed by atoms with Gasteiger partial charge in [0.2, 0.25) is 0 Å². The second-order valence-electron chi connectivity index (χ2n) is 5.06. The lowest BCUT2D eigenvalue weighted by molar-refractivity contribution is 0.0527. The number of likely N-dealkylation sites (tertiary alicyclic amines) is 1. The number of ether oxygens (including phenoxy) is 1. The fourth-order valence-electron chi connectivity index (χ4n) is 2.19. The van der Waals surface area contributed by atoms with Crippen molar-refractivity contribution in [2.75, 3.05) is 25.4 Å². The molecule has 0 unspecified atom stereocenters. The molecule has 1 aliphatic rings. The molecular formula is C13H22N4O2. The van der Waals surface area contributed by atoms with Crippen LogP contribution in [-0.2, 0) is 4.74 Å². The second kappa shape index (κ2) is 5.50. The molecule has 1 aliphatic heterocycles. The van der Waals surface area contributed by atoms with Crippen molar-refractivity contribution >= 4 is 11.8 Å². The summed E-state index contributed by atoms with van der Waals surface area (Å²) in [5.41, 5.74) is 8.47. The molecule has 6 heteroatoms. The Morgan fingerprint density at radius 2 is 2.16 bits per heavy atom. The molecule has 0 radical (unpaired) electrons. The summed E-state index contributed by atoms with van der Waals surface area (Å²) in [5, 5.41) is 4.41. The van der Waals surface area contributed by atoms with Gasteiger partial charge in [0, 0.05) is 13.1 Å². The number of unbranched alkanes of at least 4 members (excludes halogenated alkanes) is 1. The maximum atomic E-state index is 11.7. The first-order valence-corrected chi connectivity index (χ1v) is 6.77. The molecule has 0 saturated carbocycles. The SMILES string of the molecule is CCCCOC(=O)N1CC(n2nc(C)c(N)c2C)C1. The first-order valence-electron chi connectivity index (χ1n) is 6.77. The van der Waals surface area contributed by atoms with Crippen molar-refractivity contribution in [1.29, 1.82) is 0 Å². The van der Waals surface area contributed by atoms with Gasteiger partial charge in [-0.2, -0.15) is 5.10 Å². The molecular weight excluding hydrogens is 244 g/mol. The molecule has 6 nitrogen and oxygen atoms in total. The van der Waals surface area contributed by atoms with Crippen molar-refractivity contribution < 1.29 is 9.53 Å². The molecule has 0 aliphatic carbocycles. The molecule has 0 aromatic carbocycles. The molecule has 19 heavy (non-hydrogen) atoms. The highest BCUT2D eigenvalue weighted by Crippen LogP contribution is 2.26. The molecule has 106 valence electrons. The topological polar surface area (TPSA) is 73.4 Å². The summed E-state index contributed by atoms with van der Waals surface area (Å²) in [4.78, 5) is 13.4. The minimum Gasteiger partial charge on any atom is -0.449 e. The van der Waals surface area contributed by atoms with Gasteiger partial charge in [-0.25, -0.2) is 4.79 Å². The van der Waals surface area contributed by atoms with E-state index in [1.54, 1.807) is 4.90 Å². The average Bonchev–Trinajstić information content (AvgIpc) is 2.56. The number of amides is 1. The maximum absolute atomic E-state index is 11.7. The van der Waals surface area contributed by atoms with Crippen molar-refractivity contribution in [3.63, 3.8) is 0 Å². The highest BCUT2D eigenvalue weighted by atomic mass is 16.6. The lowest BCUT2D eigenvalue weighted by Crippen LogP contribution is -2.51. The summed E-state index contributed by atoms with van der Waals surface area (Å²) in [5.74, 6) is 0. The fourth-order valence-corrected chi connectivity index (χ4v) is 2.19. The molecule has 0 spiro atoms. The molecule has 1 aromatic rings. The smallest absolute Gasteiger partial charge is 0.409 e. The molecule has 2 N–H and O–H groups in total. The molecule has 0 atom stereocenters. The summed E-state index contributed by atoms with van der Waals surface area (Å²) in [7, 11) is 0. The Labute approximate surface area is 113 Å². The zero-order valence-electron chi connectivity index (χ0n) is 11.8. The minimum atomic E-state index is -0.223. The molecule has 1 aromatic heterocycles. The minimum absolute atomic E-state index is 0.217. The van der Waals surface area contributed by atoms with Gasteiger partial charge in [0.05, 0.1) is 29.7 Å². The van der Waals surface area contributed by atoms with Crippen LogP contribution in [0.5, 0.6) is 0 Å². The highest BCUT2D eigenvalue weighted by Gasteiger charge is 2.34. The van der Waals surface area contributed by atoms with Crippen LogP contribution in [-0.4, -0.2) is 40.5 Å². The summed E-state index contributed by atoms with van der Waals surface area (Å²) < 4.78 is 7.08. The van der Waals surface area contributed by atoms with Crippen molar-refractivity contribution in [2.24, 2.45) is 0 Å². The van der Waals surface area contributed by atoms with Crippen LogP contribution >= 0.6 is 0 Å². The Kier molecular flexibility index (Phi) is 3.97. The van der Waals surface area contributed by atoms with E-state index in [4.69, 9.17) is 10.5 Å². The van der Waals surface area contributed by atoms with Crippen LogP contribution in [0, 0.1) is 13.8 Å². The van der Waals surface area contributed by atoms with E-state index in [-0.39, 0.29) is 12.1 Å². The van der Waals surface area contributed by atoms with E-state index in [1.807, 2.05) is 18.5 Å². The monoisotopic (exact) mass is 266 g/mol. The molecule has 2 rings (SSSR count). The number of hydrogen-bond acceptors (Lipinski definition) is 4. The van der Waals surface area contributed by atoms with Crippen LogP contribution in [0.3, 0.4) is 0 Å². The highest BCUT2D eigenvalue weighted by molar-refractivity contribution is 5.68. The normalized spacial score (nSPS) is 15.4. The molecule has 0 bridgehead atoms. The van der Waals surface area contributed by atoms with Crippen molar-refractivity contribution in [1.82, 2.24) is 14.7 Å². The maximum Gasteiger partial charge on any atom is 0.409 e. The third-order valence-electron chi connectivity index (χ3n) is 3.57. The number of anilines is 1. The van der Waals surface area contributed by atoms with Crippen molar-refractivity contribution in [3.8, 4) is 0 Å². The Hall–Kier alpha value is -1.72. The van der Waals surface area contributed by atoms with E-state index in [1.165, 1.54) is 0 Å². The number of nitrogens with two attached hydrogens (primary N) is 1. The van der Waals surface area contributed by atoms with Crippen molar-refractivity contribution in [2.45, 2.75) is 39.7 Å². The third-order valence-corrected chi connectivity index (χ3v) is 3.57. The van der Waals surface area contributed by atoms with Crippen LogP contribution in [0.1, 0.15) is 37.2 Å². The largest absolute Gasteiger partial charge is 0.449 e. The number of aromatic nitrogens is 2. The van der Waals surface area contributed by atoms with Crippen LogP contribution in [0.15, 0.2) is 0 Å². The fraction of sp³-hybridized carbons (Fsp3) is 0.692. The Balaban J connectivity index is 1.85. The number of hydrogen-bond donors (Lipinski definition) is 1. The van der Waals surface area contributed by atoms with Gasteiger partial charge in [0.1, 0.15) is 0 Å². The number of nitrogen functional groups attached to an aromatic ring is 1. The van der Waals surface area contributed by atoms with E-state index in [9.17, 15) is 4.79 Å². The van der Waals surface area contributed by atoms with E-state index in [0.717, 1.165) is 29.9 Å². The van der Waals surface area contributed by atoms with Crippen molar-refractivity contribution in [3.05, 3.63) is 11.4 Å². The predicted molar refractivity (Wildman–Crippen MR) is 73.0 cm³/mol. The number of aryl methyl sites for hydroxylation is 1. The molecule has 1 fully saturated rings. The zero-order valence-corrected chi connectivity index (χ0v) is 11.8. The number of carbonyl (C=O) groups is 1. The molecule has 2 heterocycles. The van der Waals surface area contributed by atoms with Gasteiger partial charge in [-0.1, -0.05) is 13.3 Å². The van der Waals surface area contributed by atoms with Crippen LogP contribution in [0.4, 0.5) is 10.5 Å². The summed E-state index contributed by atoms with van der Waals surface area (Å²) in [6.45, 7) is 7.72. The number of carbonyl (C=O) groups excluding carboxylic acids is 1. The first-order chi connectivity index (χ1) is 9.04.